The zero-order chi connectivity index (χ0) is 15.6. The molecule has 21 heavy (non-hydrogen) atoms. The number of benzene rings is 1. The SMILES string of the molecule is O=[N+]([O-])c1ccc(Cl)nc1NCc1c(F)ccc(F)c1Cl. The Morgan fingerprint density at radius 3 is 2.52 bits per heavy atom. The van der Waals surface area contributed by atoms with Crippen LogP contribution in [0.15, 0.2) is 24.3 Å². The van der Waals surface area contributed by atoms with E-state index < -0.39 is 21.6 Å². The van der Waals surface area contributed by atoms with Gasteiger partial charge in [0.15, 0.2) is 0 Å². The van der Waals surface area contributed by atoms with Crippen LogP contribution in [0.4, 0.5) is 20.3 Å². The third kappa shape index (κ3) is 3.37. The Morgan fingerprint density at radius 2 is 1.86 bits per heavy atom. The number of pyridine rings is 1. The van der Waals surface area contributed by atoms with Crippen LogP contribution in [0.3, 0.4) is 0 Å². The fraction of sp³-hybridized carbons (Fsp3) is 0.0833. The van der Waals surface area contributed by atoms with Crippen molar-refractivity contribution in [3.8, 4) is 0 Å². The summed E-state index contributed by atoms with van der Waals surface area (Å²) in [6, 6.07) is 4.21. The molecular weight excluding hydrogens is 327 g/mol. The van der Waals surface area contributed by atoms with E-state index in [1.54, 1.807) is 0 Å². The number of anilines is 1. The largest absolute Gasteiger partial charge is 0.360 e. The van der Waals surface area contributed by atoms with Crippen LogP contribution in [-0.4, -0.2) is 9.91 Å². The van der Waals surface area contributed by atoms with Gasteiger partial charge in [0.25, 0.3) is 0 Å². The monoisotopic (exact) mass is 333 g/mol. The summed E-state index contributed by atoms with van der Waals surface area (Å²) in [5, 5.41) is 13.0. The first-order chi connectivity index (χ1) is 9.90. The van der Waals surface area contributed by atoms with Crippen molar-refractivity contribution in [2.45, 2.75) is 6.54 Å². The third-order valence-corrected chi connectivity index (χ3v) is 3.23. The summed E-state index contributed by atoms with van der Waals surface area (Å²) in [4.78, 5) is 13.9. The van der Waals surface area contributed by atoms with Crippen LogP contribution < -0.4 is 5.32 Å². The molecule has 0 radical (unpaired) electrons. The molecule has 2 aromatic rings. The Hall–Kier alpha value is -1.99. The second-order valence-corrected chi connectivity index (χ2v) is 4.70. The molecule has 110 valence electrons. The lowest BCUT2D eigenvalue weighted by atomic mass is 10.2. The molecule has 0 spiro atoms. The molecule has 1 aromatic heterocycles. The molecule has 0 aliphatic heterocycles. The lowest BCUT2D eigenvalue weighted by Gasteiger charge is -2.09. The van der Waals surface area contributed by atoms with Crippen LogP contribution in [0, 0.1) is 21.7 Å². The minimum absolute atomic E-state index is 0.0221. The van der Waals surface area contributed by atoms with Crippen molar-refractivity contribution < 1.29 is 13.7 Å². The van der Waals surface area contributed by atoms with E-state index in [1.165, 1.54) is 6.07 Å². The topological polar surface area (TPSA) is 68.1 Å². The lowest BCUT2D eigenvalue weighted by molar-refractivity contribution is -0.384. The Kier molecular flexibility index (Phi) is 4.54. The molecule has 9 heteroatoms. The summed E-state index contributed by atoms with van der Waals surface area (Å²) < 4.78 is 26.9. The molecule has 0 bridgehead atoms. The molecule has 0 saturated carbocycles. The number of hydrogen-bond donors (Lipinski definition) is 1. The van der Waals surface area contributed by atoms with Gasteiger partial charge in [-0.3, -0.25) is 10.1 Å². The normalized spacial score (nSPS) is 10.5. The van der Waals surface area contributed by atoms with Crippen LogP contribution in [-0.2, 0) is 6.54 Å². The van der Waals surface area contributed by atoms with Crippen molar-refractivity contribution in [3.63, 3.8) is 0 Å². The summed E-state index contributed by atoms with van der Waals surface area (Å²) in [7, 11) is 0. The van der Waals surface area contributed by atoms with Gasteiger partial charge in [-0.1, -0.05) is 23.2 Å². The zero-order valence-electron chi connectivity index (χ0n) is 10.2. The fourth-order valence-electron chi connectivity index (χ4n) is 1.61. The molecule has 0 aliphatic carbocycles. The van der Waals surface area contributed by atoms with Gasteiger partial charge >= 0.3 is 5.69 Å². The van der Waals surface area contributed by atoms with Gasteiger partial charge in [0.1, 0.15) is 16.8 Å². The maximum Gasteiger partial charge on any atom is 0.311 e. The third-order valence-electron chi connectivity index (χ3n) is 2.61. The maximum absolute atomic E-state index is 13.6. The van der Waals surface area contributed by atoms with Crippen LogP contribution in [0.5, 0.6) is 0 Å². The smallest absolute Gasteiger partial charge is 0.311 e. The summed E-state index contributed by atoms with van der Waals surface area (Å²) in [6.45, 7) is -0.281. The molecule has 0 fully saturated rings. The van der Waals surface area contributed by atoms with Gasteiger partial charge in [0.2, 0.25) is 5.82 Å². The number of nitro groups is 1. The quantitative estimate of drug-likeness (QED) is 0.394. The first-order valence-corrected chi connectivity index (χ1v) is 6.33. The molecule has 1 heterocycles. The van der Waals surface area contributed by atoms with Gasteiger partial charge in [-0.15, -0.1) is 0 Å². The first kappa shape index (κ1) is 15.4. The molecule has 0 aliphatic rings. The average molecular weight is 334 g/mol. The van der Waals surface area contributed by atoms with Gasteiger partial charge < -0.3 is 5.32 Å². The highest BCUT2D eigenvalue weighted by Crippen LogP contribution is 2.27. The summed E-state index contributed by atoms with van der Waals surface area (Å²) >= 11 is 11.3. The van der Waals surface area contributed by atoms with Gasteiger partial charge in [0.05, 0.1) is 9.95 Å². The predicted octanol–water partition coefficient (Wildman–Crippen LogP) is 4.19. The average Bonchev–Trinajstić information content (AvgIpc) is 2.43. The predicted molar refractivity (Wildman–Crippen MR) is 74.6 cm³/mol. The van der Waals surface area contributed by atoms with Crippen LogP contribution >= 0.6 is 23.2 Å². The minimum atomic E-state index is -0.789. The minimum Gasteiger partial charge on any atom is -0.360 e. The molecule has 0 saturated heterocycles. The molecule has 0 unspecified atom stereocenters. The van der Waals surface area contributed by atoms with Gasteiger partial charge in [-0.05, 0) is 18.2 Å². The first-order valence-electron chi connectivity index (χ1n) is 5.57. The van der Waals surface area contributed by atoms with E-state index in [1.807, 2.05) is 0 Å². The van der Waals surface area contributed by atoms with E-state index in [-0.39, 0.29) is 28.8 Å². The van der Waals surface area contributed by atoms with Crippen molar-refractivity contribution >= 4 is 34.7 Å². The van der Waals surface area contributed by atoms with Crippen molar-refractivity contribution in [1.29, 1.82) is 0 Å². The molecular formula is C12H7Cl2F2N3O2. The molecule has 1 aromatic carbocycles. The number of halogens is 4. The molecule has 1 N–H and O–H groups in total. The van der Waals surface area contributed by atoms with Gasteiger partial charge in [-0.25, -0.2) is 13.8 Å². The van der Waals surface area contributed by atoms with E-state index in [0.717, 1.165) is 18.2 Å². The van der Waals surface area contributed by atoms with Crippen LogP contribution in [0.1, 0.15) is 5.56 Å². The van der Waals surface area contributed by atoms with E-state index in [2.05, 4.69) is 10.3 Å². The second kappa shape index (κ2) is 6.19. The van der Waals surface area contributed by atoms with Crippen LogP contribution in [0.2, 0.25) is 10.2 Å². The Morgan fingerprint density at radius 1 is 1.19 bits per heavy atom. The second-order valence-electron chi connectivity index (χ2n) is 3.93. The summed E-state index contributed by atoms with van der Waals surface area (Å²) in [5.74, 6) is -1.69. The Bertz CT molecular complexity index is 713. The zero-order valence-corrected chi connectivity index (χ0v) is 11.8. The van der Waals surface area contributed by atoms with Gasteiger partial charge in [-0.2, -0.15) is 0 Å². The Balaban J connectivity index is 2.31. The van der Waals surface area contributed by atoms with Crippen molar-refractivity contribution in [1.82, 2.24) is 4.98 Å². The molecule has 5 nitrogen and oxygen atoms in total. The summed E-state index contributed by atoms with van der Waals surface area (Å²) in [5.41, 5.74) is -0.500. The van der Waals surface area contributed by atoms with E-state index in [4.69, 9.17) is 23.2 Å². The van der Waals surface area contributed by atoms with Gasteiger partial charge in [0, 0.05) is 18.2 Å². The fourth-order valence-corrected chi connectivity index (χ4v) is 1.98. The van der Waals surface area contributed by atoms with Crippen molar-refractivity contribution in [3.05, 3.63) is 61.8 Å². The molecule has 0 atom stereocenters. The Labute approximate surface area is 127 Å². The molecule has 2 rings (SSSR count). The number of aromatic nitrogens is 1. The number of hydrogen-bond acceptors (Lipinski definition) is 4. The van der Waals surface area contributed by atoms with Crippen molar-refractivity contribution in [2.75, 3.05) is 5.32 Å². The van der Waals surface area contributed by atoms with E-state index >= 15 is 0 Å². The number of nitrogens with zero attached hydrogens (tertiary/aromatic N) is 2. The van der Waals surface area contributed by atoms with E-state index in [9.17, 15) is 18.9 Å². The highest BCUT2D eigenvalue weighted by Gasteiger charge is 2.17. The van der Waals surface area contributed by atoms with Crippen molar-refractivity contribution in [2.24, 2.45) is 0 Å². The number of rotatable bonds is 4. The molecule has 0 amide bonds. The van der Waals surface area contributed by atoms with Crippen LogP contribution in [0.25, 0.3) is 0 Å². The van der Waals surface area contributed by atoms with E-state index in [0.29, 0.717) is 0 Å². The highest BCUT2D eigenvalue weighted by atomic mass is 35.5. The summed E-state index contributed by atoms with van der Waals surface area (Å²) in [6.07, 6.45) is 0. The highest BCUT2D eigenvalue weighted by molar-refractivity contribution is 6.31. The standard InChI is InChI=1S/C12H7Cl2F2N3O2/c13-10-4-3-9(19(20)21)12(18-10)17-5-6-7(15)1-2-8(16)11(6)14/h1-4H,5H2,(H,17,18). The lowest BCUT2D eigenvalue weighted by Crippen LogP contribution is -2.07. The number of nitrogens with one attached hydrogen (secondary N) is 1. The maximum atomic E-state index is 13.6.